The van der Waals surface area contributed by atoms with Crippen molar-refractivity contribution in [1.82, 2.24) is 5.32 Å². The van der Waals surface area contributed by atoms with Crippen molar-refractivity contribution in [2.24, 2.45) is 0 Å². The van der Waals surface area contributed by atoms with Gasteiger partial charge in [-0.15, -0.1) is 0 Å². The third-order valence-corrected chi connectivity index (χ3v) is 3.67. The lowest BCUT2D eigenvalue weighted by Gasteiger charge is -2.14. The molecule has 0 bridgehead atoms. The molecule has 0 heterocycles. The molecule has 2 rings (SSSR count). The number of hydrogen-bond acceptors (Lipinski definition) is 2. The van der Waals surface area contributed by atoms with Crippen molar-refractivity contribution in [3.8, 4) is 0 Å². The maximum atomic E-state index is 11.9. The van der Waals surface area contributed by atoms with Crippen LogP contribution in [0.1, 0.15) is 18.5 Å². The van der Waals surface area contributed by atoms with Gasteiger partial charge in [0.05, 0.1) is 17.3 Å². The Balaban J connectivity index is 1.86. The zero-order valence-corrected chi connectivity index (χ0v) is 13.1. The summed E-state index contributed by atoms with van der Waals surface area (Å²) in [4.78, 5) is 11.9. The van der Waals surface area contributed by atoms with Gasteiger partial charge in [0.2, 0.25) is 5.91 Å². The third-order valence-electron chi connectivity index (χ3n) is 3.09. The molecule has 0 radical (unpaired) electrons. The van der Waals surface area contributed by atoms with E-state index in [9.17, 15) is 4.79 Å². The Labute approximate surface area is 134 Å². The number of nitrogens with one attached hydrogen (secondary N) is 2. The molecule has 2 aromatic carbocycles. The molecule has 1 unspecified atom stereocenters. The highest BCUT2D eigenvalue weighted by atomic mass is 35.5. The molecule has 0 aliphatic heterocycles. The van der Waals surface area contributed by atoms with Gasteiger partial charge in [-0.1, -0.05) is 47.5 Å². The Hall–Kier alpha value is -1.55. The maximum Gasteiger partial charge on any atom is 0.238 e. The van der Waals surface area contributed by atoms with Crippen LogP contribution in [-0.4, -0.2) is 12.5 Å². The molecule has 5 heteroatoms. The number of carbonyl (C=O) groups excluding carboxylic acids is 1. The van der Waals surface area contributed by atoms with Gasteiger partial charge in [-0.05, 0) is 36.8 Å². The first-order valence-electron chi connectivity index (χ1n) is 6.59. The van der Waals surface area contributed by atoms with Crippen molar-refractivity contribution in [2.75, 3.05) is 11.9 Å². The molecule has 0 saturated heterocycles. The Kier molecular flexibility index (Phi) is 5.62. The summed E-state index contributed by atoms with van der Waals surface area (Å²) in [7, 11) is 0. The highest BCUT2D eigenvalue weighted by Gasteiger charge is 2.09. The lowest BCUT2D eigenvalue weighted by Crippen LogP contribution is -2.30. The smallest absolute Gasteiger partial charge is 0.238 e. The number of carbonyl (C=O) groups is 1. The molecule has 2 N–H and O–H groups in total. The first-order chi connectivity index (χ1) is 10.1. The van der Waals surface area contributed by atoms with Crippen LogP contribution in [0.2, 0.25) is 10.0 Å². The molecule has 0 aliphatic rings. The second kappa shape index (κ2) is 7.46. The van der Waals surface area contributed by atoms with Crippen LogP contribution in [0.15, 0.2) is 48.5 Å². The minimum Gasteiger partial charge on any atom is -0.324 e. The topological polar surface area (TPSA) is 41.1 Å². The second-order valence-corrected chi connectivity index (χ2v) is 5.53. The van der Waals surface area contributed by atoms with Crippen LogP contribution in [-0.2, 0) is 4.79 Å². The van der Waals surface area contributed by atoms with Crippen LogP contribution in [0.4, 0.5) is 5.69 Å². The van der Waals surface area contributed by atoms with Gasteiger partial charge in [0.25, 0.3) is 0 Å². The highest BCUT2D eigenvalue weighted by Crippen LogP contribution is 2.20. The number of anilines is 1. The molecule has 0 spiro atoms. The minimum absolute atomic E-state index is 0.0549. The van der Waals surface area contributed by atoms with E-state index in [4.69, 9.17) is 23.2 Å². The molecule has 0 aromatic heterocycles. The quantitative estimate of drug-likeness (QED) is 0.862. The Bertz CT molecular complexity index is 614. The normalized spacial score (nSPS) is 12.0. The van der Waals surface area contributed by atoms with Gasteiger partial charge in [-0.25, -0.2) is 0 Å². The fraction of sp³-hybridized carbons (Fsp3) is 0.188. The fourth-order valence-electron chi connectivity index (χ4n) is 1.87. The van der Waals surface area contributed by atoms with Crippen molar-refractivity contribution in [3.63, 3.8) is 0 Å². The van der Waals surface area contributed by atoms with Crippen LogP contribution >= 0.6 is 23.2 Å². The van der Waals surface area contributed by atoms with Gasteiger partial charge >= 0.3 is 0 Å². The Morgan fingerprint density at radius 3 is 2.43 bits per heavy atom. The minimum atomic E-state index is -0.135. The summed E-state index contributed by atoms with van der Waals surface area (Å²) in [6.45, 7) is 2.20. The summed E-state index contributed by atoms with van der Waals surface area (Å²) in [6, 6.07) is 14.7. The van der Waals surface area contributed by atoms with Gasteiger partial charge in [-0.3, -0.25) is 4.79 Å². The number of amides is 1. The SMILES string of the molecule is CC(NCC(=O)Nc1ccccc1Cl)c1ccc(Cl)cc1. The Morgan fingerprint density at radius 1 is 1.10 bits per heavy atom. The van der Waals surface area contributed by atoms with Gasteiger partial charge in [-0.2, -0.15) is 0 Å². The first-order valence-corrected chi connectivity index (χ1v) is 7.35. The standard InChI is InChI=1S/C16H16Cl2N2O/c1-11(12-6-8-13(17)9-7-12)19-10-16(21)20-15-5-3-2-4-14(15)18/h2-9,11,19H,10H2,1H3,(H,20,21). The maximum absolute atomic E-state index is 11.9. The highest BCUT2D eigenvalue weighted by molar-refractivity contribution is 6.33. The molecule has 2 aromatic rings. The monoisotopic (exact) mass is 322 g/mol. The molecule has 3 nitrogen and oxygen atoms in total. The zero-order chi connectivity index (χ0) is 15.2. The molecule has 1 atom stereocenters. The lowest BCUT2D eigenvalue weighted by molar-refractivity contribution is -0.115. The van der Waals surface area contributed by atoms with Gasteiger partial charge < -0.3 is 10.6 Å². The van der Waals surface area contributed by atoms with E-state index >= 15 is 0 Å². The number of hydrogen-bond donors (Lipinski definition) is 2. The summed E-state index contributed by atoms with van der Waals surface area (Å²) >= 11 is 11.8. The third kappa shape index (κ3) is 4.74. The van der Waals surface area contributed by atoms with Crippen LogP contribution < -0.4 is 10.6 Å². The number of benzene rings is 2. The predicted molar refractivity (Wildman–Crippen MR) is 88.0 cm³/mol. The van der Waals surface area contributed by atoms with Crippen molar-refractivity contribution < 1.29 is 4.79 Å². The second-order valence-electron chi connectivity index (χ2n) is 4.68. The van der Waals surface area contributed by atoms with E-state index in [2.05, 4.69) is 10.6 Å². The van der Waals surface area contributed by atoms with E-state index in [0.717, 1.165) is 5.56 Å². The van der Waals surface area contributed by atoms with Crippen LogP contribution in [0.3, 0.4) is 0 Å². The summed E-state index contributed by atoms with van der Waals surface area (Å²) in [5.41, 5.74) is 1.69. The summed E-state index contributed by atoms with van der Waals surface area (Å²) in [6.07, 6.45) is 0. The van der Waals surface area contributed by atoms with Crippen LogP contribution in [0.5, 0.6) is 0 Å². The first kappa shape index (κ1) is 15.8. The van der Waals surface area contributed by atoms with Crippen molar-refractivity contribution >= 4 is 34.8 Å². The molecule has 0 saturated carbocycles. The van der Waals surface area contributed by atoms with Crippen molar-refractivity contribution in [2.45, 2.75) is 13.0 Å². The van der Waals surface area contributed by atoms with Crippen LogP contribution in [0.25, 0.3) is 0 Å². The summed E-state index contributed by atoms with van der Waals surface area (Å²) in [5.74, 6) is -0.135. The molecule has 21 heavy (non-hydrogen) atoms. The van der Waals surface area contributed by atoms with Gasteiger partial charge in [0.1, 0.15) is 0 Å². The summed E-state index contributed by atoms with van der Waals surface area (Å²) in [5, 5.41) is 7.15. The van der Waals surface area contributed by atoms with E-state index in [0.29, 0.717) is 15.7 Å². The van der Waals surface area contributed by atoms with Crippen molar-refractivity contribution in [1.29, 1.82) is 0 Å². The predicted octanol–water partition coefficient (Wildman–Crippen LogP) is 4.28. The van der Waals surface area contributed by atoms with E-state index < -0.39 is 0 Å². The van der Waals surface area contributed by atoms with E-state index in [1.807, 2.05) is 43.3 Å². The molecule has 0 fully saturated rings. The molecular formula is C16H16Cl2N2O. The van der Waals surface area contributed by atoms with E-state index in [-0.39, 0.29) is 18.5 Å². The number of para-hydroxylation sites is 1. The van der Waals surface area contributed by atoms with E-state index in [1.54, 1.807) is 12.1 Å². The Morgan fingerprint density at radius 2 is 1.76 bits per heavy atom. The average Bonchev–Trinajstić information content (AvgIpc) is 2.48. The molecular weight excluding hydrogens is 307 g/mol. The lowest BCUT2D eigenvalue weighted by atomic mass is 10.1. The van der Waals surface area contributed by atoms with Gasteiger partial charge in [0.15, 0.2) is 0 Å². The van der Waals surface area contributed by atoms with E-state index in [1.165, 1.54) is 0 Å². The molecule has 1 amide bonds. The van der Waals surface area contributed by atoms with Crippen molar-refractivity contribution in [3.05, 3.63) is 64.1 Å². The summed E-state index contributed by atoms with van der Waals surface area (Å²) < 4.78 is 0. The largest absolute Gasteiger partial charge is 0.324 e. The average molecular weight is 323 g/mol. The molecule has 0 aliphatic carbocycles. The zero-order valence-electron chi connectivity index (χ0n) is 11.6. The fourth-order valence-corrected chi connectivity index (χ4v) is 2.18. The van der Waals surface area contributed by atoms with Gasteiger partial charge in [0, 0.05) is 11.1 Å². The number of halogens is 2. The number of rotatable bonds is 5. The molecule has 110 valence electrons. The van der Waals surface area contributed by atoms with Crippen LogP contribution in [0, 0.1) is 0 Å².